The molecule has 0 N–H and O–H groups in total. The normalized spacial score (nSPS) is 26.4. The Morgan fingerprint density at radius 3 is 2.61 bits per heavy atom. The van der Waals surface area contributed by atoms with Gasteiger partial charge in [-0.3, -0.25) is 9.69 Å². The lowest BCUT2D eigenvalue weighted by Gasteiger charge is -2.28. The molecule has 1 aliphatic heterocycles. The molecule has 3 nitrogen and oxygen atoms in total. The number of carbonyl (C=O) groups excluding carboxylic acids is 1. The second-order valence-electron chi connectivity index (χ2n) is 6.08. The first kappa shape index (κ1) is 14.0. The van der Waals surface area contributed by atoms with Gasteiger partial charge in [0.1, 0.15) is 5.78 Å². The molecule has 104 valence electrons. The van der Waals surface area contributed by atoms with Crippen molar-refractivity contribution in [3.63, 3.8) is 0 Å². The van der Waals surface area contributed by atoms with Gasteiger partial charge in [-0.15, -0.1) is 0 Å². The number of likely N-dealkylation sites (N-methyl/N-ethyl adjacent to an activating group) is 1. The Morgan fingerprint density at radius 2 is 1.94 bits per heavy atom. The molecule has 1 unspecified atom stereocenters. The van der Waals surface area contributed by atoms with Crippen molar-refractivity contribution in [1.29, 1.82) is 0 Å². The smallest absolute Gasteiger partial charge is 0.149 e. The fraction of sp³-hybridized carbons (Fsp3) is 0.933. The molecule has 0 aromatic carbocycles. The predicted molar refractivity (Wildman–Crippen MR) is 72.6 cm³/mol. The van der Waals surface area contributed by atoms with E-state index in [2.05, 4.69) is 11.9 Å². The van der Waals surface area contributed by atoms with Crippen molar-refractivity contribution in [1.82, 2.24) is 4.90 Å². The largest absolute Gasteiger partial charge is 0.381 e. The summed E-state index contributed by atoms with van der Waals surface area (Å²) in [5, 5.41) is 0. The lowest BCUT2D eigenvalue weighted by atomic mass is 9.86. The maximum Gasteiger partial charge on any atom is 0.149 e. The zero-order chi connectivity index (χ0) is 12.8. The molecule has 1 saturated carbocycles. The van der Waals surface area contributed by atoms with Crippen molar-refractivity contribution in [2.75, 3.05) is 33.4 Å². The Morgan fingerprint density at radius 1 is 1.17 bits per heavy atom. The van der Waals surface area contributed by atoms with E-state index >= 15 is 0 Å². The Kier molecular flexibility index (Phi) is 5.64. The van der Waals surface area contributed by atoms with Crippen LogP contribution >= 0.6 is 0 Å². The summed E-state index contributed by atoms with van der Waals surface area (Å²) < 4.78 is 5.49. The monoisotopic (exact) mass is 253 g/mol. The van der Waals surface area contributed by atoms with E-state index in [1.54, 1.807) is 0 Å². The maximum atomic E-state index is 12.2. The number of carbonyl (C=O) groups is 1. The highest BCUT2D eigenvalue weighted by Gasteiger charge is 2.23. The molecular weight excluding hydrogens is 226 g/mol. The van der Waals surface area contributed by atoms with E-state index in [4.69, 9.17) is 4.74 Å². The highest BCUT2D eigenvalue weighted by Crippen LogP contribution is 2.24. The Hall–Kier alpha value is -0.410. The van der Waals surface area contributed by atoms with Gasteiger partial charge in [0.15, 0.2) is 0 Å². The van der Waals surface area contributed by atoms with Crippen molar-refractivity contribution in [3.05, 3.63) is 0 Å². The van der Waals surface area contributed by atoms with Crippen LogP contribution in [0, 0.1) is 11.8 Å². The third-order valence-electron chi connectivity index (χ3n) is 4.31. The summed E-state index contributed by atoms with van der Waals surface area (Å²) in [4.78, 5) is 14.4. The molecule has 0 aromatic heterocycles. The van der Waals surface area contributed by atoms with E-state index in [9.17, 15) is 4.79 Å². The summed E-state index contributed by atoms with van der Waals surface area (Å²) in [7, 11) is 2.08. The summed E-state index contributed by atoms with van der Waals surface area (Å²) in [5.41, 5.74) is 0. The van der Waals surface area contributed by atoms with Crippen LogP contribution in [0.4, 0.5) is 0 Å². The van der Waals surface area contributed by atoms with Crippen LogP contribution < -0.4 is 0 Å². The van der Waals surface area contributed by atoms with Gasteiger partial charge in [-0.1, -0.05) is 19.3 Å². The summed E-state index contributed by atoms with van der Waals surface area (Å²) in [6.45, 7) is 3.45. The number of hydrogen-bond acceptors (Lipinski definition) is 3. The number of ether oxygens (including phenoxy) is 1. The molecule has 2 aliphatic rings. The van der Waals surface area contributed by atoms with Crippen LogP contribution in [-0.4, -0.2) is 44.0 Å². The minimum absolute atomic E-state index is 0.351. The van der Waals surface area contributed by atoms with Crippen molar-refractivity contribution in [3.8, 4) is 0 Å². The minimum Gasteiger partial charge on any atom is -0.381 e. The molecule has 1 atom stereocenters. The van der Waals surface area contributed by atoms with Crippen LogP contribution in [-0.2, 0) is 9.53 Å². The van der Waals surface area contributed by atoms with Gasteiger partial charge in [0.2, 0.25) is 0 Å². The average molecular weight is 253 g/mol. The molecule has 1 saturated heterocycles. The van der Waals surface area contributed by atoms with Crippen molar-refractivity contribution >= 4 is 5.78 Å². The number of Topliss-reactive ketones (excluding diaryl/α,β-unsaturated/α-hetero) is 1. The second kappa shape index (κ2) is 7.25. The fourth-order valence-corrected chi connectivity index (χ4v) is 3.28. The molecule has 2 rings (SSSR count). The van der Waals surface area contributed by atoms with Gasteiger partial charge in [0.25, 0.3) is 0 Å². The van der Waals surface area contributed by atoms with Crippen molar-refractivity contribution in [2.45, 2.75) is 44.9 Å². The van der Waals surface area contributed by atoms with Gasteiger partial charge in [-0.05, 0) is 38.6 Å². The number of rotatable bonds is 5. The van der Waals surface area contributed by atoms with Crippen LogP contribution in [0.5, 0.6) is 0 Å². The van der Waals surface area contributed by atoms with E-state index in [0.717, 1.165) is 32.6 Å². The predicted octanol–water partition coefficient (Wildman–Crippen LogP) is 2.49. The van der Waals surface area contributed by atoms with Gasteiger partial charge in [-0.2, -0.15) is 0 Å². The van der Waals surface area contributed by atoms with E-state index in [1.165, 1.54) is 32.1 Å². The van der Waals surface area contributed by atoms with Crippen molar-refractivity contribution in [2.24, 2.45) is 11.8 Å². The Labute approximate surface area is 111 Å². The highest BCUT2D eigenvalue weighted by molar-refractivity contribution is 5.83. The van der Waals surface area contributed by atoms with Crippen LogP contribution in [0.2, 0.25) is 0 Å². The summed E-state index contributed by atoms with van der Waals surface area (Å²) in [6.07, 6.45) is 8.49. The zero-order valence-electron chi connectivity index (χ0n) is 11.7. The van der Waals surface area contributed by atoms with Crippen LogP contribution in [0.1, 0.15) is 44.9 Å². The molecule has 0 spiro atoms. The lowest BCUT2D eigenvalue weighted by Crippen LogP contribution is -2.36. The molecule has 1 aliphatic carbocycles. The van der Waals surface area contributed by atoms with Gasteiger partial charge < -0.3 is 4.74 Å². The van der Waals surface area contributed by atoms with Crippen LogP contribution in [0.25, 0.3) is 0 Å². The standard InChI is InChI=1S/C15H27NO2/c1-16(10-13-6-5-9-18-12-13)11-15(17)14-7-3-2-4-8-14/h13-14H,2-12H2,1H3. The van der Waals surface area contributed by atoms with E-state index in [-0.39, 0.29) is 0 Å². The highest BCUT2D eigenvalue weighted by atomic mass is 16.5. The quantitative estimate of drug-likeness (QED) is 0.754. The van der Waals surface area contributed by atoms with Gasteiger partial charge in [0, 0.05) is 19.1 Å². The minimum atomic E-state index is 0.351. The molecule has 0 bridgehead atoms. The summed E-state index contributed by atoms with van der Waals surface area (Å²) in [6, 6.07) is 0. The van der Waals surface area contributed by atoms with Crippen molar-refractivity contribution < 1.29 is 9.53 Å². The lowest BCUT2D eigenvalue weighted by molar-refractivity contribution is -0.124. The Balaban J connectivity index is 1.68. The molecule has 2 fully saturated rings. The fourth-order valence-electron chi connectivity index (χ4n) is 3.28. The Bertz CT molecular complexity index is 255. The molecule has 0 aromatic rings. The van der Waals surface area contributed by atoms with E-state index < -0.39 is 0 Å². The molecular formula is C15H27NO2. The molecule has 1 heterocycles. The third-order valence-corrected chi connectivity index (χ3v) is 4.31. The van der Waals surface area contributed by atoms with Crippen LogP contribution in [0.15, 0.2) is 0 Å². The molecule has 3 heteroatoms. The van der Waals surface area contributed by atoms with Gasteiger partial charge >= 0.3 is 0 Å². The topological polar surface area (TPSA) is 29.5 Å². The molecule has 0 amide bonds. The molecule has 18 heavy (non-hydrogen) atoms. The van der Waals surface area contributed by atoms with Gasteiger partial charge in [-0.25, -0.2) is 0 Å². The SMILES string of the molecule is CN(CC(=O)C1CCCCC1)CC1CCCOC1. The second-order valence-corrected chi connectivity index (χ2v) is 6.08. The first-order valence-electron chi connectivity index (χ1n) is 7.54. The van der Waals surface area contributed by atoms with E-state index in [1.807, 2.05) is 0 Å². The summed E-state index contributed by atoms with van der Waals surface area (Å²) >= 11 is 0. The first-order valence-corrected chi connectivity index (χ1v) is 7.54. The molecule has 0 radical (unpaired) electrons. The number of hydrogen-bond donors (Lipinski definition) is 0. The van der Waals surface area contributed by atoms with Gasteiger partial charge in [0.05, 0.1) is 13.2 Å². The maximum absolute atomic E-state index is 12.2. The number of ketones is 1. The number of nitrogens with zero attached hydrogens (tertiary/aromatic N) is 1. The third kappa shape index (κ3) is 4.36. The average Bonchev–Trinajstić information content (AvgIpc) is 2.40. The summed E-state index contributed by atoms with van der Waals surface area (Å²) in [5.74, 6) is 1.45. The van der Waals surface area contributed by atoms with E-state index in [0.29, 0.717) is 24.2 Å². The first-order chi connectivity index (χ1) is 8.75. The zero-order valence-corrected chi connectivity index (χ0v) is 11.7. The van der Waals surface area contributed by atoms with Crippen LogP contribution in [0.3, 0.4) is 0 Å².